The van der Waals surface area contributed by atoms with Gasteiger partial charge in [-0.1, -0.05) is 121 Å². The van der Waals surface area contributed by atoms with Crippen molar-refractivity contribution >= 4 is 43.5 Å². The van der Waals surface area contributed by atoms with Gasteiger partial charge in [-0.05, 0) is 63.0 Å². The van der Waals surface area contributed by atoms with Crippen LogP contribution in [-0.2, 0) is 0 Å². The van der Waals surface area contributed by atoms with Gasteiger partial charge in [-0.25, -0.2) is 15.0 Å². The molecule has 0 N–H and O–H groups in total. The van der Waals surface area contributed by atoms with E-state index in [2.05, 4.69) is 6.07 Å². The zero-order valence-corrected chi connectivity index (χ0v) is 23.4. The van der Waals surface area contributed by atoms with E-state index in [1.54, 1.807) is 36.4 Å². The Morgan fingerprint density at radius 1 is 0.444 bits per heavy atom. The summed E-state index contributed by atoms with van der Waals surface area (Å²) in [5, 5.41) is 5.20. The second-order valence-electron chi connectivity index (χ2n) is 10.6. The van der Waals surface area contributed by atoms with Crippen LogP contribution in [-0.4, -0.2) is 15.0 Å². The van der Waals surface area contributed by atoms with Gasteiger partial charge in [0.2, 0.25) is 0 Å². The number of benzene rings is 7. The zero-order chi connectivity index (χ0) is 38.4. The monoisotopic (exact) mass is 585 g/mol. The Bertz CT molecular complexity index is 3070. The Morgan fingerprint density at radius 3 is 1.87 bits per heavy atom. The van der Waals surface area contributed by atoms with Crippen LogP contribution in [0.4, 0.5) is 0 Å². The first-order valence-corrected chi connectivity index (χ1v) is 14.2. The summed E-state index contributed by atoms with van der Waals surface area (Å²) in [6.07, 6.45) is 0. The quantitative estimate of drug-likeness (QED) is 0.206. The summed E-state index contributed by atoms with van der Waals surface area (Å²) in [5.41, 5.74) is 2.44. The van der Waals surface area contributed by atoms with E-state index in [4.69, 9.17) is 33.1 Å². The molecule has 0 aliphatic carbocycles. The third kappa shape index (κ3) is 4.43. The van der Waals surface area contributed by atoms with Crippen LogP contribution in [0, 0.1) is 0 Å². The van der Waals surface area contributed by atoms with Crippen LogP contribution in [0.15, 0.2) is 156 Å². The van der Waals surface area contributed by atoms with E-state index in [1.165, 1.54) is 0 Å². The number of hydrogen-bond acceptors (Lipinski definition) is 4. The van der Waals surface area contributed by atoms with Gasteiger partial charge < -0.3 is 4.42 Å². The lowest BCUT2D eigenvalue weighted by Gasteiger charge is -2.10. The van der Waals surface area contributed by atoms with E-state index in [9.17, 15) is 0 Å². The number of furan rings is 1. The molecule has 0 spiro atoms. The number of rotatable bonds is 4. The highest BCUT2D eigenvalue weighted by atomic mass is 16.3. The smallest absolute Gasteiger partial charge is 0.167 e. The summed E-state index contributed by atoms with van der Waals surface area (Å²) in [5.74, 6) is 0.151. The minimum atomic E-state index is -0.544. The van der Waals surface area contributed by atoms with E-state index in [-0.39, 0.29) is 40.7 Å². The third-order valence-electron chi connectivity index (χ3n) is 7.85. The standard InChI is InChI=1S/C41H25N3O/c1-3-10-26(11-4-1)31-20-18-27-19-21-32(23-33(27)22-31)40-42-39(28-12-5-2-6-13-28)43-41(44-40)35-17-9-16-34-36-24-29-14-7-8-15-30(29)25-37(36)45-38(34)35/h1-25H/i1D,2D,3D,4D,5D,6D,10D,11D,12D,13D. The molecular formula is C41H25N3O. The molecule has 0 unspecified atom stereocenters. The molecule has 0 saturated heterocycles. The second kappa shape index (κ2) is 10.2. The SMILES string of the molecule is [2H]c1c([2H])c([2H])c(-c2ccc3ccc(-c4nc(-c5c([2H])c([2H])c([2H])c([2H])c5[2H])nc(-c5cccc6c5oc5cc7ccccc7cc56)n4)cc3c2)c([2H])c1[2H]. The van der Waals surface area contributed by atoms with Gasteiger partial charge in [-0.15, -0.1) is 0 Å². The van der Waals surface area contributed by atoms with E-state index < -0.39 is 48.3 Å². The zero-order valence-electron chi connectivity index (χ0n) is 33.4. The summed E-state index contributed by atoms with van der Waals surface area (Å²) >= 11 is 0. The number of nitrogens with zero attached hydrogens (tertiary/aromatic N) is 3. The molecule has 45 heavy (non-hydrogen) atoms. The van der Waals surface area contributed by atoms with Crippen molar-refractivity contribution in [2.24, 2.45) is 0 Å². The molecule has 210 valence electrons. The Balaban J connectivity index is 1.28. The minimum Gasteiger partial charge on any atom is -0.455 e. The molecule has 9 rings (SSSR count). The van der Waals surface area contributed by atoms with Crippen molar-refractivity contribution in [2.45, 2.75) is 0 Å². The maximum absolute atomic E-state index is 8.73. The molecule has 0 bridgehead atoms. The van der Waals surface area contributed by atoms with Gasteiger partial charge in [0.25, 0.3) is 0 Å². The molecule has 0 saturated carbocycles. The average molecular weight is 586 g/mol. The van der Waals surface area contributed by atoms with E-state index in [0.717, 1.165) is 26.9 Å². The first-order valence-electron chi connectivity index (χ1n) is 19.2. The molecule has 0 atom stereocenters. The lowest BCUT2D eigenvalue weighted by Crippen LogP contribution is -2.00. The van der Waals surface area contributed by atoms with Crippen molar-refractivity contribution in [3.8, 4) is 45.3 Å². The van der Waals surface area contributed by atoms with Crippen LogP contribution in [0.1, 0.15) is 13.7 Å². The predicted molar refractivity (Wildman–Crippen MR) is 184 cm³/mol. The Morgan fingerprint density at radius 2 is 1.09 bits per heavy atom. The van der Waals surface area contributed by atoms with E-state index in [1.807, 2.05) is 48.5 Å². The molecule has 0 amide bonds. The molecule has 0 radical (unpaired) electrons. The molecule has 7 aromatic carbocycles. The highest BCUT2D eigenvalue weighted by molar-refractivity contribution is 6.13. The van der Waals surface area contributed by atoms with Crippen LogP contribution < -0.4 is 0 Å². The fourth-order valence-corrected chi connectivity index (χ4v) is 5.69. The van der Waals surface area contributed by atoms with Crippen molar-refractivity contribution in [2.75, 3.05) is 0 Å². The summed E-state index contributed by atoms with van der Waals surface area (Å²) < 4.78 is 90.1. The summed E-state index contributed by atoms with van der Waals surface area (Å²) in [6, 6.07) is 23.7. The van der Waals surface area contributed by atoms with Crippen molar-refractivity contribution in [1.82, 2.24) is 15.0 Å². The number of fused-ring (bicyclic) bond motifs is 5. The topological polar surface area (TPSA) is 51.8 Å². The molecule has 9 aromatic rings. The van der Waals surface area contributed by atoms with Gasteiger partial charge in [-0.2, -0.15) is 0 Å². The van der Waals surface area contributed by atoms with Gasteiger partial charge in [0.15, 0.2) is 17.5 Å². The Kier molecular flexibility index (Phi) is 3.93. The van der Waals surface area contributed by atoms with Crippen LogP contribution >= 0.6 is 0 Å². The van der Waals surface area contributed by atoms with E-state index >= 15 is 0 Å². The lowest BCUT2D eigenvalue weighted by molar-refractivity contribution is 0.670. The highest BCUT2D eigenvalue weighted by Crippen LogP contribution is 2.37. The molecule has 0 fully saturated rings. The fraction of sp³-hybridized carbons (Fsp3) is 0. The molecule has 4 nitrogen and oxygen atoms in total. The normalized spacial score (nSPS) is 14.7. The summed E-state index contributed by atoms with van der Waals surface area (Å²) in [6.45, 7) is 0. The number of aromatic nitrogens is 3. The van der Waals surface area contributed by atoms with Crippen LogP contribution in [0.2, 0.25) is 0 Å². The number of para-hydroxylation sites is 1. The van der Waals surface area contributed by atoms with Crippen molar-refractivity contribution < 1.29 is 18.1 Å². The highest BCUT2D eigenvalue weighted by Gasteiger charge is 2.18. The first-order chi connectivity index (χ1) is 26.4. The van der Waals surface area contributed by atoms with Gasteiger partial charge in [0.05, 0.1) is 19.3 Å². The second-order valence-corrected chi connectivity index (χ2v) is 10.6. The maximum Gasteiger partial charge on any atom is 0.167 e. The molecule has 2 aromatic heterocycles. The van der Waals surface area contributed by atoms with Crippen molar-refractivity contribution in [3.63, 3.8) is 0 Å². The number of hydrogen-bond donors (Lipinski definition) is 0. The Hall–Kier alpha value is -6.13. The van der Waals surface area contributed by atoms with Crippen LogP contribution in [0.5, 0.6) is 0 Å². The van der Waals surface area contributed by atoms with Gasteiger partial charge in [0, 0.05) is 21.9 Å². The van der Waals surface area contributed by atoms with Crippen molar-refractivity contribution in [3.05, 3.63) is 151 Å². The Labute approximate surface area is 273 Å². The molecule has 0 aliphatic heterocycles. The molecular weight excluding hydrogens is 550 g/mol. The molecule has 4 heteroatoms. The minimum absolute atomic E-state index is 0.0658. The van der Waals surface area contributed by atoms with Crippen LogP contribution in [0.3, 0.4) is 0 Å². The summed E-state index contributed by atoms with van der Waals surface area (Å²) in [7, 11) is 0. The van der Waals surface area contributed by atoms with Crippen LogP contribution in [0.25, 0.3) is 88.8 Å². The van der Waals surface area contributed by atoms with E-state index in [0.29, 0.717) is 33.2 Å². The van der Waals surface area contributed by atoms with Gasteiger partial charge >= 0.3 is 0 Å². The van der Waals surface area contributed by atoms with Gasteiger partial charge in [-0.3, -0.25) is 0 Å². The summed E-state index contributed by atoms with van der Waals surface area (Å²) in [4.78, 5) is 14.3. The lowest BCUT2D eigenvalue weighted by atomic mass is 10.00. The third-order valence-corrected chi connectivity index (χ3v) is 7.85. The van der Waals surface area contributed by atoms with Crippen molar-refractivity contribution in [1.29, 1.82) is 0 Å². The molecule has 2 heterocycles. The van der Waals surface area contributed by atoms with Gasteiger partial charge in [0.1, 0.15) is 11.2 Å². The average Bonchev–Trinajstić information content (AvgIpc) is 3.57. The first kappa shape index (κ1) is 17.2. The predicted octanol–water partition coefficient (Wildman–Crippen LogP) is 10.7. The largest absolute Gasteiger partial charge is 0.455 e. The molecule has 0 aliphatic rings. The fourth-order valence-electron chi connectivity index (χ4n) is 5.69. The maximum atomic E-state index is 8.73.